The average Bonchev–Trinajstić information content (AvgIpc) is 2.28. The van der Waals surface area contributed by atoms with Gasteiger partial charge in [0.2, 0.25) is 0 Å². The van der Waals surface area contributed by atoms with E-state index in [4.69, 9.17) is 4.74 Å². The molecule has 0 amide bonds. The lowest BCUT2D eigenvalue weighted by Crippen LogP contribution is -2.01. The molecule has 1 rings (SSSR count). The lowest BCUT2D eigenvalue weighted by atomic mass is 10.1. The standard InChI is InChI=1S/C12H15F3OS/c1-16-11-7-5-10(6-8-11)4-2-3-9-17-12(13,14)15/h5-8H,2-4,9H2,1H3. The monoisotopic (exact) mass is 264 g/mol. The van der Waals surface area contributed by atoms with E-state index >= 15 is 0 Å². The third-order valence-corrected chi connectivity index (χ3v) is 3.10. The van der Waals surface area contributed by atoms with E-state index in [1.165, 1.54) is 0 Å². The zero-order valence-electron chi connectivity index (χ0n) is 9.59. The van der Waals surface area contributed by atoms with Gasteiger partial charge in [-0.05, 0) is 37.0 Å². The van der Waals surface area contributed by atoms with Crippen molar-refractivity contribution in [3.05, 3.63) is 29.8 Å². The van der Waals surface area contributed by atoms with E-state index in [1.807, 2.05) is 24.3 Å². The SMILES string of the molecule is COc1ccc(CCCCSC(F)(F)F)cc1. The predicted octanol–water partition coefficient (Wildman–Crippen LogP) is 4.27. The lowest BCUT2D eigenvalue weighted by Gasteiger charge is -2.05. The number of alkyl halides is 3. The van der Waals surface area contributed by atoms with E-state index < -0.39 is 5.51 Å². The fraction of sp³-hybridized carbons (Fsp3) is 0.500. The number of halogens is 3. The van der Waals surface area contributed by atoms with Gasteiger partial charge in [0.1, 0.15) is 5.75 Å². The summed E-state index contributed by atoms with van der Waals surface area (Å²) < 4.78 is 40.5. The van der Waals surface area contributed by atoms with Crippen LogP contribution in [0.3, 0.4) is 0 Å². The summed E-state index contributed by atoms with van der Waals surface area (Å²) in [4.78, 5) is 0. The number of benzene rings is 1. The van der Waals surface area contributed by atoms with Crippen LogP contribution < -0.4 is 4.74 Å². The maximum atomic E-state index is 11.8. The van der Waals surface area contributed by atoms with E-state index in [2.05, 4.69) is 0 Å². The highest BCUT2D eigenvalue weighted by molar-refractivity contribution is 8.00. The Morgan fingerprint density at radius 2 is 1.76 bits per heavy atom. The molecule has 0 heterocycles. The maximum absolute atomic E-state index is 11.8. The minimum atomic E-state index is -4.10. The minimum Gasteiger partial charge on any atom is -0.497 e. The Bertz CT molecular complexity index is 322. The summed E-state index contributed by atoms with van der Waals surface area (Å²) in [7, 11) is 1.60. The van der Waals surface area contributed by atoms with Gasteiger partial charge < -0.3 is 4.74 Å². The lowest BCUT2D eigenvalue weighted by molar-refractivity contribution is -0.0328. The van der Waals surface area contributed by atoms with Crippen LogP contribution in [0, 0.1) is 0 Å². The molecule has 0 aromatic heterocycles. The number of thioether (sulfide) groups is 1. The first-order chi connectivity index (χ1) is 8.01. The zero-order chi connectivity index (χ0) is 12.7. The highest BCUT2D eigenvalue weighted by Gasteiger charge is 2.27. The molecule has 96 valence electrons. The summed E-state index contributed by atoms with van der Waals surface area (Å²) >= 11 is 0.0548. The van der Waals surface area contributed by atoms with Crippen molar-refractivity contribution in [2.75, 3.05) is 12.9 Å². The maximum Gasteiger partial charge on any atom is 0.441 e. The zero-order valence-corrected chi connectivity index (χ0v) is 10.4. The normalized spacial score (nSPS) is 11.5. The molecule has 0 radical (unpaired) electrons. The van der Waals surface area contributed by atoms with Crippen LogP contribution in [0.5, 0.6) is 5.75 Å². The number of aryl methyl sites for hydroxylation is 1. The van der Waals surface area contributed by atoms with E-state index in [9.17, 15) is 13.2 Å². The minimum absolute atomic E-state index is 0.0548. The van der Waals surface area contributed by atoms with Crippen molar-refractivity contribution in [1.29, 1.82) is 0 Å². The van der Waals surface area contributed by atoms with Crippen molar-refractivity contribution >= 4 is 11.8 Å². The number of hydrogen-bond acceptors (Lipinski definition) is 2. The van der Waals surface area contributed by atoms with Crippen molar-refractivity contribution in [3.8, 4) is 5.75 Å². The Balaban J connectivity index is 2.18. The van der Waals surface area contributed by atoms with E-state index in [-0.39, 0.29) is 17.5 Å². The molecule has 0 atom stereocenters. The Morgan fingerprint density at radius 1 is 1.12 bits per heavy atom. The second kappa shape index (κ2) is 6.79. The topological polar surface area (TPSA) is 9.23 Å². The van der Waals surface area contributed by atoms with Gasteiger partial charge in [0, 0.05) is 5.75 Å². The number of ether oxygens (including phenoxy) is 1. The van der Waals surface area contributed by atoms with E-state index in [0.29, 0.717) is 6.42 Å². The number of unbranched alkanes of at least 4 members (excludes halogenated alkanes) is 1. The Hall–Kier alpha value is -0.840. The van der Waals surface area contributed by atoms with Crippen LogP contribution in [0.15, 0.2) is 24.3 Å². The Labute approximate surface area is 103 Å². The van der Waals surface area contributed by atoms with Crippen LogP contribution in [0.4, 0.5) is 13.2 Å². The highest BCUT2D eigenvalue weighted by atomic mass is 32.2. The molecule has 0 saturated carbocycles. The molecule has 0 unspecified atom stereocenters. The summed E-state index contributed by atoms with van der Waals surface area (Å²) in [6.45, 7) is 0. The molecule has 0 fully saturated rings. The number of rotatable bonds is 6. The van der Waals surface area contributed by atoms with Crippen LogP contribution in [-0.4, -0.2) is 18.4 Å². The first-order valence-corrected chi connectivity index (χ1v) is 6.33. The van der Waals surface area contributed by atoms with Gasteiger partial charge in [-0.3, -0.25) is 0 Å². The summed E-state index contributed by atoms with van der Waals surface area (Å²) in [5, 5.41) is 0. The quantitative estimate of drug-likeness (QED) is 0.709. The van der Waals surface area contributed by atoms with Gasteiger partial charge in [0.25, 0.3) is 0 Å². The first kappa shape index (κ1) is 14.2. The molecular weight excluding hydrogens is 249 g/mol. The fourth-order valence-electron chi connectivity index (χ4n) is 1.41. The predicted molar refractivity (Wildman–Crippen MR) is 64.4 cm³/mol. The highest BCUT2D eigenvalue weighted by Crippen LogP contribution is 2.30. The molecule has 0 spiro atoms. The van der Waals surface area contributed by atoms with Crippen molar-refractivity contribution < 1.29 is 17.9 Å². The molecule has 5 heteroatoms. The average molecular weight is 264 g/mol. The van der Waals surface area contributed by atoms with Crippen LogP contribution in [0.2, 0.25) is 0 Å². The van der Waals surface area contributed by atoms with Crippen LogP contribution >= 0.6 is 11.8 Å². The van der Waals surface area contributed by atoms with Gasteiger partial charge in [0.05, 0.1) is 7.11 Å². The van der Waals surface area contributed by atoms with Gasteiger partial charge in [-0.1, -0.05) is 23.9 Å². The molecule has 0 N–H and O–H groups in total. The van der Waals surface area contributed by atoms with Gasteiger partial charge in [-0.15, -0.1) is 0 Å². The summed E-state index contributed by atoms with van der Waals surface area (Å²) in [5.41, 5.74) is -2.97. The summed E-state index contributed by atoms with van der Waals surface area (Å²) in [6.07, 6.45) is 2.16. The third kappa shape index (κ3) is 6.46. The van der Waals surface area contributed by atoms with Crippen LogP contribution in [-0.2, 0) is 6.42 Å². The van der Waals surface area contributed by atoms with Crippen molar-refractivity contribution in [2.24, 2.45) is 0 Å². The Kier molecular flexibility index (Phi) is 5.68. The molecule has 1 aromatic carbocycles. The molecule has 1 aromatic rings. The molecule has 0 aliphatic carbocycles. The van der Waals surface area contributed by atoms with Crippen molar-refractivity contribution in [1.82, 2.24) is 0 Å². The molecular formula is C12H15F3OS. The third-order valence-electron chi connectivity index (χ3n) is 2.28. The van der Waals surface area contributed by atoms with Gasteiger partial charge in [-0.2, -0.15) is 13.2 Å². The second-order valence-corrected chi connectivity index (χ2v) is 4.76. The molecule has 17 heavy (non-hydrogen) atoms. The molecule has 0 saturated heterocycles. The molecule has 0 aliphatic heterocycles. The number of methoxy groups -OCH3 is 1. The van der Waals surface area contributed by atoms with Crippen molar-refractivity contribution in [2.45, 2.75) is 24.8 Å². The van der Waals surface area contributed by atoms with Gasteiger partial charge in [-0.25, -0.2) is 0 Å². The first-order valence-electron chi connectivity index (χ1n) is 5.35. The molecule has 1 nitrogen and oxygen atoms in total. The largest absolute Gasteiger partial charge is 0.497 e. The molecule has 0 aliphatic rings. The smallest absolute Gasteiger partial charge is 0.441 e. The van der Waals surface area contributed by atoms with E-state index in [0.717, 1.165) is 24.2 Å². The van der Waals surface area contributed by atoms with E-state index in [1.54, 1.807) is 7.11 Å². The van der Waals surface area contributed by atoms with Crippen LogP contribution in [0.25, 0.3) is 0 Å². The fourth-order valence-corrected chi connectivity index (χ4v) is 1.99. The van der Waals surface area contributed by atoms with Crippen molar-refractivity contribution in [3.63, 3.8) is 0 Å². The second-order valence-electron chi connectivity index (χ2n) is 3.60. The molecule has 0 bridgehead atoms. The van der Waals surface area contributed by atoms with Gasteiger partial charge >= 0.3 is 5.51 Å². The summed E-state index contributed by atoms with van der Waals surface area (Å²) in [6, 6.07) is 7.60. The van der Waals surface area contributed by atoms with Gasteiger partial charge in [0.15, 0.2) is 0 Å². The summed E-state index contributed by atoms with van der Waals surface area (Å²) in [5.74, 6) is 0.931. The van der Waals surface area contributed by atoms with Crippen LogP contribution in [0.1, 0.15) is 18.4 Å². The Morgan fingerprint density at radius 3 is 2.29 bits per heavy atom. The number of hydrogen-bond donors (Lipinski definition) is 0.